The van der Waals surface area contributed by atoms with Crippen molar-refractivity contribution in [2.75, 3.05) is 4.72 Å². The number of anilines is 1. The van der Waals surface area contributed by atoms with Crippen LogP contribution in [0.1, 0.15) is 11.1 Å². The van der Waals surface area contributed by atoms with Crippen molar-refractivity contribution < 1.29 is 21.6 Å². The molecule has 9 heteroatoms. The standard InChI is InChI=1S/C21H16F3N3O2S/c22-21(23,24)17-8-4-15(5-9-17)14-30(28,29)26-18-10-6-16(7-11-18)19-13-27-12-2-1-3-20(27)25-19/h1-13,26H,14H2. The molecule has 0 unspecified atom stereocenters. The van der Waals surface area contributed by atoms with Gasteiger partial charge in [0.15, 0.2) is 0 Å². The highest BCUT2D eigenvalue weighted by atomic mass is 32.2. The minimum Gasteiger partial charge on any atom is -0.306 e. The predicted octanol–water partition coefficient (Wildman–Crippen LogP) is 4.96. The SMILES string of the molecule is O=S(=O)(Cc1ccc(C(F)(F)F)cc1)Nc1ccc(-c2cn3ccccc3n2)cc1. The molecule has 0 aliphatic heterocycles. The van der Waals surface area contributed by atoms with Crippen LogP contribution < -0.4 is 4.72 Å². The van der Waals surface area contributed by atoms with Crippen LogP contribution in [0.5, 0.6) is 0 Å². The van der Waals surface area contributed by atoms with Gasteiger partial charge in [0, 0.05) is 23.6 Å². The Kier molecular flexibility index (Phi) is 4.98. The Bertz CT molecular complexity index is 1250. The number of fused-ring (bicyclic) bond motifs is 1. The number of hydrogen-bond acceptors (Lipinski definition) is 3. The fraction of sp³-hybridized carbons (Fsp3) is 0.0952. The fourth-order valence-electron chi connectivity index (χ4n) is 3.01. The molecule has 30 heavy (non-hydrogen) atoms. The van der Waals surface area contributed by atoms with Gasteiger partial charge in [0.1, 0.15) is 5.65 Å². The second-order valence-electron chi connectivity index (χ2n) is 6.73. The first-order chi connectivity index (χ1) is 14.2. The summed E-state index contributed by atoms with van der Waals surface area (Å²) in [6.45, 7) is 0. The van der Waals surface area contributed by atoms with E-state index in [1.807, 2.05) is 35.0 Å². The van der Waals surface area contributed by atoms with Gasteiger partial charge in [-0.3, -0.25) is 4.72 Å². The van der Waals surface area contributed by atoms with Crippen LogP contribution in [-0.2, 0) is 22.0 Å². The Morgan fingerprint density at radius 1 is 0.933 bits per heavy atom. The molecule has 2 aromatic heterocycles. The van der Waals surface area contributed by atoms with Crippen LogP contribution in [0.3, 0.4) is 0 Å². The van der Waals surface area contributed by atoms with Gasteiger partial charge in [0.2, 0.25) is 10.0 Å². The summed E-state index contributed by atoms with van der Waals surface area (Å²) in [7, 11) is -3.78. The molecule has 0 saturated carbocycles. The van der Waals surface area contributed by atoms with Gasteiger partial charge in [-0.1, -0.05) is 30.3 Å². The maximum atomic E-state index is 12.6. The van der Waals surface area contributed by atoms with E-state index in [1.165, 1.54) is 0 Å². The third kappa shape index (κ3) is 4.46. The summed E-state index contributed by atoms with van der Waals surface area (Å²) >= 11 is 0. The Labute approximate surface area is 170 Å². The fourth-order valence-corrected chi connectivity index (χ4v) is 4.21. The topological polar surface area (TPSA) is 63.5 Å². The normalized spacial score (nSPS) is 12.2. The molecule has 154 valence electrons. The van der Waals surface area contributed by atoms with Gasteiger partial charge in [-0.2, -0.15) is 13.2 Å². The van der Waals surface area contributed by atoms with Crippen molar-refractivity contribution in [2.24, 2.45) is 0 Å². The van der Waals surface area contributed by atoms with E-state index in [9.17, 15) is 21.6 Å². The number of alkyl halides is 3. The van der Waals surface area contributed by atoms with E-state index in [0.717, 1.165) is 41.2 Å². The van der Waals surface area contributed by atoms with E-state index in [0.29, 0.717) is 5.69 Å². The molecule has 2 aromatic carbocycles. The molecule has 0 fully saturated rings. The smallest absolute Gasteiger partial charge is 0.306 e. The zero-order valence-electron chi connectivity index (χ0n) is 15.5. The monoisotopic (exact) mass is 431 g/mol. The van der Waals surface area contributed by atoms with Crippen molar-refractivity contribution in [2.45, 2.75) is 11.9 Å². The number of nitrogens with one attached hydrogen (secondary N) is 1. The Balaban J connectivity index is 1.46. The largest absolute Gasteiger partial charge is 0.416 e. The number of benzene rings is 2. The van der Waals surface area contributed by atoms with Gasteiger partial charge in [-0.15, -0.1) is 0 Å². The van der Waals surface area contributed by atoms with Crippen molar-refractivity contribution >= 4 is 21.4 Å². The molecule has 0 atom stereocenters. The molecule has 1 N–H and O–H groups in total. The van der Waals surface area contributed by atoms with E-state index in [4.69, 9.17) is 0 Å². The zero-order chi connectivity index (χ0) is 21.4. The Hall–Kier alpha value is -3.33. The average Bonchev–Trinajstić information content (AvgIpc) is 3.12. The van der Waals surface area contributed by atoms with E-state index < -0.39 is 27.5 Å². The summed E-state index contributed by atoms with van der Waals surface area (Å²) in [6.07, 6.45) is -0.701. The molecular weight excluding hydrogens is 415 g/mol. The highest BCUT2D eigenvalue weighted by molar-refractivity contribution is 7.91. The second-order valence-corrected chi connectivity index (χ2v) is 8.45. The summed E-state index contributed by atoms with van der Waals surface area (Å²) in [5, 5.41) is 0. The molecule has 0 radical (unpaired) electrons. The molecule has 0 amide bonds. The number of sulfonamides is 1. The lowest BCUT2D eigenvalue weighted by Gasteiger charge is -2.10. The lowest BCUT2D eigenvalue weighted by molar-refractivity contribution is -0.137. The molecule has 0 aliphatic carbocycles. The van der Waals surface area contributed by atoms with Crippen molar-refractivity contribution in [3.05, 3.63) is 90.3 Å². The van der Waals surface area contributed by atoms with E-state index in [2.05, 4.69) is 9.71 Å². The second kappa shape index (κ2) is 7.49. The van der Waals surface area contributed by atoms with E-state index in [-0.39, 0.29) is 5.56 Å². The maximum Gasteiger partial charge on any atom is 0.416 e. The number of rotatable bonds is 5. The lowest BCUT2D eigenvalue weighted by Crippen LogP contribution is -2.15. The van der Waals surface area contributed by atoms with Crippen LogP contribution >= 0.6 is 0 Å². The first kappa shape index (κ1) is 20.0. The van der Waals surface area contributed by atoms with Crippen molar-refractivity contribution in [3.63, 3.8) is 0 Å². The zero-order valence-corrected chi connectivity index (χ0v) is 16.3. The molecule has 2 heterocycles. The molecule has 0 spiro atoms. The van der Waals surface area contributed by atoms with E-state index in [1.54, 1.807) is 24.3 Å². The van der Waals surface area contributed by atoms with Gasteiger partial charge in [0.25, 0.3) is 0 Å². The number of nitrogens with zero attached hydrogens (tertiary/aromatic N) is 2. The van der Waals surface area contributed by atoms with Crippen molar-refractivity contribution in [1.29, 1.82) is 0 Å². The minimum atomic E-state index is -4.46. The molecule has 0 aliphatic rings. The minimum absolute atomic E-state index is 0.261. The maximum absolute atomic E-state index is 12.6. The quantitative estimate of drug-likeness (QED) is 0.486. The highest BCUT2D eigenvalue weighted by Gasteiger charge is 2.30. The molecule has 4 rings (SSSR count). The van der Waals surface area contributed by atoms with Crippen molar-refractivity contribution in [1.82, 2.24) is 9.38 Å². The van der Waals surface area contributed by atoms with Crippen LogP contribution in [-0.4, -0.2) is 17.8 Å². The van der Waals surface area contributed by atoms with E-state index >= 15 is 0 Å². The first-order valence-electron chi connectivity index (χ1n) is 8.90. The summed E-state index contributed by atoms with van der Waals surface area (Å²) in [5.74, 6) is -0.431. The Morgan fingerprint density at radius 2 is 1.63 bits per heavy atom. The predicted molar refractivity (Wildman–Crippen MR) is 108 cm³/mol. The first-order valence-corrected chi connectivity index (χ1v) is 10.6. The van der Waals surface area contributed by atoms with Gasteiger partial charge in [0.05, 0.1) is 17.0 Å². The molecule has 4 aromatic rings. The molecular formula is C21H16F3N3O2S. The molecule has 0 saturated heterocycles. The number of aromatic nitrogens is 2. The van der Waals surface area contributed by atoms with Crippen LogP contribution in [0.2, 0.25) is 0 Å². The van der Waals surface area contributed by atoms with Gasteiger partial charge in [-0.05, 0) is 42.0 Å². The number of halogens is 3. The average molecular weight is 431 g/mol. The van der Waals surface area contributed by atoms with Crippen LogP contribution in [0.25, 0.3) is 16.9 Å². The van der Waals surface area contributed by atoms with Crippen LogP contribution in [0.15, 0.2) is 79.1 Å². The highest BCUT2D eigenvalue weighted by Crippen LogP contribution is 2.29. The van der Waals surface area contributed by atoms with Crippen LogP contribution in [0, 0.1) is 0 Å². The summed E-state index contributed by atoms with van der Waals surface area (Å²) in [6, 6.07) is 16.5. The Morgan fingerprint density at radius 3 is 2.27 bits per heavy atom. The van der Waals surface area contributed by atoms with Crippen LogP contribution in [0.4, 0.5) is 18.9 Å². The number of pyridine rings is 1. The van der Waals surface area contributed by atoms with Gasteiger partial charge < -0.3 is 4.40 Å². The summed E-state index contributed by atoms with van der Waals surface area (Å²) in [4.78, 5) is 4.51. The number of imidazole rings is 1. The van der Waals surface area contributed by atoms with Gasteiger partial charge in [-0.25, -0.2) is 13.4 Å². The third-order valence-electron chi connectivity index (χ3n) is 4.46. The number of hydrogen-bond donors (Lipinski definition) is 1. The lowest BCUT2D eigenvalue weighted by atomic mass is 10.1. The molecule has 5 nitrogen and oxygen atoms in total. The molecule has 0 bridgehead atoms. The third-order valence-corrected chi connectivity index (χ3v) is 5.72. The summed E-state index contributed by atoms with van der Waals surface area (Å²) in [5.41, 5.74) is 2.17. The van der Waals surface area contributed by atoms with Crippen molar-refractivity contribution in [3.8, 4) is 11.3 Å². The summed E-state index contributed by atoms with van der Waals surface area (Å²) < 4.78 is 66.9. The van der Waals surface area contributed by atoms with Gasteiger partial charge >= 0.3 is 6.18 Å².